The second kappa shape index (κ2) is 11.1. The van der Waals surface area contributed by atoms with Crippen LogP contribution in [0.4, 0.5) is 27.6 Å². The van der Waals surface area contributed by atoms with Gasteiger partial charge in [0.2, 0.25) is 0 Å². The van der Waals surface area contributed by atoms with Crippen LogP contribution in [0.1, 0.15) is 22.7 Å². The Morgan fingerprint density at radius 2 is 1.83 bits per heavy atom. The van der Waals surface area contributed by atoms with Crippen LogP contribution in [-0.2, 0) is 12.6 Å². The number of benzene rings is 3. The number of hydrogen-bond acceptors (Lipinski definition) is 3. The Balaban J connectivity index is 1.63. The number of rotatable bonds is 5. The molecule has 0 bridgehead atoms. The van der Waals surface area contributed by atoms with Crippen molar-refractivity contribution in [1.29, 1.82) is 0 Å². The second-order valence-electron chi connectivity index (χ2n) is 7.91. The van der Waals surface area contributed by atoms with Crippen molar-refractivity contribution in [2.75, 3.05) is 17.6 Å². The first-order valence-corrected chi connectivity index (χ1v) is 12.5. The molecular formula is C25H19ClF5N3S2. The van der Waals surface area contributed by atoms with E-state index >= 15 is 0 Å². The number of nitrogens with zero attached hydrogens (tertiary/aromatic N) is 2. The van der Waals surface area contributed by atoms with Crippen LogP contribution in [-0.4, -0.2) is 27.5 Å². The minimum Gasteiger partial charge on any atom is -0.332 e. The molecule has 36 heavy (non-hydrogen) atoms. The van der Waals surface area contributed by atoms with Gasteiger partial charge >= 0.3 is 6.18 Å². The second-order valence-corrected chi connectivity index (χ2v) is 9.74. The fraction of sp³-hybridized carbons (Fsp3) is 0.200. The van der Waals surface area contributed by atoms with Crippen LogP contribution in [0.25, 0.3) is 0 Å². The summed E-state index contributed by atoms with van der Waals surface area (Å²) in [5, 5.41) is 3.44. The van der Waals surface area contributed by atoms with Gasteiger partial charge in [-0.15, -0.1) is 0 Å². The molecule has 0 radical (unpaired) electrons. The highest BCUT2D eigenvalue weighted by atomic mass is 35.5. The number of thiocarbonyl (C=S) groups is 1. The van der Waals surface area contributed by atoms with Gasteiger partial charge in [-0.3, -0.25) is 9.89 Å². The lowest BCUT2D eigenvalue weighted by molar-refractivity contribution is -0.137. The predicted molar refractivity (Wildman–Crippen MR) is 139 cm³/mol. The molecule has 0 amide bonds. The Kier molecular flexibility index (Phi) is 8.17. The minimum absolute atomic E-state index is 0.0810. The smallest absolute Gasteiger partial charge is 0.332 e. The topological polar surface area (TPSA) is 27.6 Å². The van der Waals surface area contributed by atoms with Crippen LogP contribution < -0.4 is 5.32 Å². The van der Waals surface area contributed by atoms with Crippen molar-refractivity contribution in [3.63, 3.8) is 0 Å². The molecule has 1 atom stereocenters. The SMILES string of the molecule is Fc1cccc(CC(N=C2SCCN2C(=S)Nc2cccc(C(F)(F)F)c2)c2cccc(F)c2Cl)c1. The molecule has 1 heterocycles. The molecule has 3 nitrogen and oxygen atoms in total. The van der Waals surface area contributed by atoms with Gasteiger partial charge < -0.3 is 5.32 Å². The van der Waals surface area contributed by atoms with E-state index in [0.29, 0.717) is 28.6 Å². The van der Waals surface area contributed by atoms with Gasteiger partial charge in [0.15, 0.2) is 10.3 Å². The van der Waals surface area contributed by atoms with Gasteiger partial charge in [0.25, 0.3) is 0 Å². The fourth-order valence-electron chi connectivity index (χ4n) is 3.68. The molecule has 0 aliphatic carbocycles. The molecule has 11 heteroatoms. The summed E-state index contributed by atoms with van der Waals surface area (Å²) in [5.74, 6) is -0.379. The molecule has 4 rings (SSSR count). The number of amidine groups is 1. The molecule has 0 spiro atoms. The molecule has 1 fully saturated rings. The lowest BCUT2D eigenvalue weighted by Gasteiger charge is -2.23. The van der Waals surface area contributed by atoms with E-state index in [4.69, 9.17) is 28.8 Å². The first-order chi connectivity index (χ1) is 17.1. The number of nitrogens with one attached hydrogen (secondary N) is 1. The summed E-state index contributed by atoms with van der Waals surface area (Å²) in [4.78, 5) is 6.47. The first-order valence-electron chi connectivity index (χ1n) is 10.8. The van der Waals surface area contributed by atoms with Crippen LogP contribution in [0.15, 0.2) is 71.7 Å². The van der Waals surface area contributed by atoms with Crippen molar-refractivity contribution in [3.05, 3.63) is 100 Å². The normalized spacial score (nSPS) is 15.8. The third-order valence-electron chi connectivity index (χ3n) is 5.39. The number of anilines is 1. The molecular weight excluding hydrogens is 537 g/mol. The lowest BCUT2D eigenvalue weighted by Crippen LogP contribution is -2.35. The third kappa shape index (κ3) is 6.35. The summed E-state index contributed by atoms with van der Waals surface area (Å²) >= 11 is 13.1. The van der Waals surface area contributed by atoms with Gasteiger partial charge in [0, 0.05) is 18.0 Å². The minimum atomic E-state index is -4.48. The average molecular weight is 556 g/mol. The van der Waals surface area contributed by atoms with E-state index in [2.05, 4.69) is 5.32 Å². The van der Waals surface area contributed by atoms with Crippen molar-refractivity contribution in [2.45, 2.75) is 18.6 Å². The zero-order chi connectivity index (χ0) is 25.9. The van der Waals surface area contributed by atoms with Gasteiger partial charge in [-0.25, -0.2) is 8.78 Å². The summed E-state index contributed by atoms with van der Waals surface area (Å²) in [5.41, 5.74) is 0.466. The van der Waals surface area contributed by atoms with Crippen molar-refractivity contribution in [2.24, 2.45) is 4.99 Å². The van der Waals surface area contributed by atoms with Gasteiger partial charge in [-0.05, 0) is 66.2 Å². The van der Waals surface area contributed by atoms with Crippen LogP contribution in [0.2, 0.25) is 5.02 Å². The van der Waals surface area contributed by atoms with Gasteiger partial charge in [-0.2, -0.15) is 13.2 Å². The molecule has 0 aromatic heterocycles. The molecule has 188 valence electrons. The number of alkyl halides is 3. The van der Waals surface area contributed by atoms with E-state index in [1.807, 2.05) is 0 Å². The molecule has 1 aliphatic rings. The van der Waals surface area contributed by atoms with E-state index in [9.17, 15) is 22.0 Å². The highest BCUT2D eigenvalue weighted by Gasteiger charge is 2.31. The summed E-state index contributed by atoms with van der Waals surface area (Å²) in [7, 11) is 0. The van der Waals surface area contributed by atoms with E-state index < -0.39 is 29.4 Å². The standard InChI is InChI=1S/C25H19ClF5N3S2/c26-22-19(8-3-9-20(22)28)21(13-15-4-1-6-17(27)12-15)33-24-34(10-11-36-24)23(35)32-18-7-2-5-16(14-18)25(29,30)31/h1-9,12,14,21H,10-11,13H2,(H,32,35). The van der Waals surface area contributed by atoms with Crippen molar-refractivity contribution >= 4 is 51.5 Å². The Hall–Kier alpha value is -2.69. The molecule has 1 N–H and O–H groups in total. The Bertz CT molecular complexity index is 1300. The quantitative estimate of drug-likeness (QED) is 0.258. The number of aliphatic imine (C=N–C) groups is 1. The van der Waals surface area contributed by atoms with Gasteiger partial charge in [0.1, 0.15) is 11.6 Å². The largest absolute Gasteiger partial charge is 0.416 e. The van der Waals surface area contributed by atoms with E-state index in [1.54, 1.807) is 23.1 Å². The maximum absolute atomic E-state index is 14.3. The predicted octanol–water partition coefficient (Wildman–Crippen LogP) is 7.72. The Morgan fingerprint density at radius 1 is 1.08 bits per heavy atom. The fourth-order valence-corrected chi connectivity index (χ4v) is 5.29. The third-order valence-corrected chi connectivity index (χ3v) is 7.08. The summed E-state index contributed by atoms with van der Waals surface area (Å²) in [6.45, 7) is 0.470. The average Bonchev–Trinajstić information content (AvgIpc) is 3.28. The molecule has 1 saturated heterocycles. The van der Waals surface area contributed by atoms with Gasteiger partial charge in [-0.1, -0.05) is 53.7 Å². The number of thioether (sulfide) groups is 1. The van der Waals surface area contributed by atoms with Crippen molar-refractivity contribution in [3.8, 4) is 0 Å². The van der Waals surface area contributed by atoms with Crippen LogP contribution in [0.5, 0.6) is 0 Å². The summed E-state index contributed by atoms with van der Waals surface area (Å²) in [6.07, 6.45) is -4.24. The molecule has 3 aromatic carbocycles. The van der Waals surface area contributed by atoms with E-state index in [-0.39, 0.29) is 22.2 Å². The summed E-state index contributed by atoms with van der Waals surface area (Å²) in [6, 6.07) is 14.5. The van der Waals surface area contributed by atoms with Crippen molar-refractivity contribution in [1.82, 2.24) is 4.90 Å². The number of hydrogen-bond donors (Lipinski definition) is 1. The monoisotopic (exact) mass is 555 g/mol. The van der Waals surface area contributed by atoms with Crippen LogP contribution in [0, 0.1) is 11.6 Å². The highest BCUT2D eigenvalue weighted by Crippen LogP contribution is 2.34. The first kappa shape index (κ1) is 26.4. The number of halogens is 6. The molecule has 0 saturated carbocycles. The molecule has 1 unspecified atom stereocenters. The maximum Gasteiger partial charge on any atom is 0.416 e. The van der Waals surface area contributed by atoms with Crippen LogP contribution >= 0.6 is 35.6 Å². The zero-order valence-electron chi connectivity index (χ0n) is 18.5. The maximum atomic E-state index is 14.3. The van der Waals surface area contributed by atoms with Crippen molar-refractivity contribution < 1.29 is 22.0 Å². The Morgan fingerprint density at radius 3 is 2.58 bits per heavy atom. The van der Waals surface area contributed by atoms with E-state index in [0.717, 1.165) is 12.1 Å². The zero-order valence-corrected chi connectivity index (χ0v) is 20.9. The van der Waals surface area contributed by atoms with Gasteiger partial charge in [0.05, 0.1) is 16.6 Å². The van der Waals surface area contributed by atoms with Crippen LogP contribution in [0.3, 0.4) is 0 Å². The molecule has 1 aliphatic heterocycles. The lowest BCUT2D eigenvalue weighted by atomic mass is 9.99. The Labute approximate surface area is 219 Å². The summed E-state index contributed by atoms with van der Waals surface area (Å²) < 4.78 is 67.3. The van der Waals surface area contributed by atoms with E-state index in [1.165, 1.54) is 48.2 Å². The molecule has 3 aromatic rings. The highest BCUT2D eigenvalue weighted by molar-refractivity contribution is 8.14.